The van der Waals surface area contributed by atoms with Gasteiger partial charge in [-0.3, -0.25) is 0 Å². The average Bonchev–Trinajstić information content (AvgIpc) is 3.18. The van der Waals surface area contributed by atoms with E-state index in [0.717, 1.165) is 16.6 Å². The summed E-state index contributed by atoms with van der Waals surface area (Å²) in [6.45, 7) is 9.91. The maximum atomic E-state index is 9.43. The topological polar surface area (TPSA) is 88.5 Å². The maximum Gasteiger partial charge on any atom is 0.495 e. The SMILES string of the molecule is Cc1c(B2OC(C)(C)C(C)(C)O2)cccc1-c1nc2cc(CO)cc(C#N)c2o1. The lowest BCUT2D eigenvalue weighted by atomic mass is 9.75. The molecule has 1 N–H and O–H groups in total. The quantitative estimate of drug-likeness (QED) is 0.689. The van der Waals surface area contributed by atoms with Gasteiger partial charge in [-0.2, -0.15) is 5.26 Å². The first-order chi connectivity index (χ1) is 13.7. The second-order valence-corrected chi connectivity index (χ2v) is 8.39. The third kappa shape index (κ3) is 3.14. The Kier molecular flexibility index (Phi) is 4.54. The molecule has 2 heterocycles. The summed E-state index contributed by atoms with van der Waals surface area (Å²) in [5, 5.41) is 18.9. The van der Waals surface area contributed by atoms with E-state index < -0.39 is 18.3 Å². The van der Waals surface area contributed by atoms with Crippen LogP contribution < -0.4 is 5.46 Å². The lowest BCUT2D eigenvalue weighted by Gasteiger charge is -2.32. The van der Waals surface area contributed by atoms with Crippen LogP contribution in [0.2, 0.25) is 0 Å². The molecule has 1 aliphatic heterocycles. The fourth-order valence-electron chi connectivity index (χ4n) is 3.49. The van der Waals surface area contributed by atoms with Gasteiger partial charge >= 0.3 is 7.12 Å². The van der Waals surface area contributed by atoms with Crippen LogP contribution in [0.25, 0.3) is 22.6 Å². The summed E-state index contributed by atoms with van der Waals surface area (Å²) >= 11 is 0. The van der Waals surface area contributed by atoms with E-state index >= 15 is 0 Å². The first-order valence-electron chi connectivity index (χ1n) is 9.57. The molecule has 29 heavy (non-hydrogen) atoms. The summed E-state index contributed by atoms with van der Waals surface area (Å²) in [6.07, 6.45) is 0. The Hall–Kier alpha value is -2.66. The number of nitriles is 1. The van der Waals surface area contributed by atoms with Crippen molar-refractivity contribution < 1.29 is 18.8 Å². The van der Waals surface area contributed by atoms with E-state index in [-0.39, 0.29) is 6.61 Å². The Bertz CT molecular complexity index is 1130. The number of benzene rings is 2. The molecule has 2 aromatic carbocycles. The van der Waals surface area contributed by atoms with Gasteiger partial charge in [0.15, 0.2) is 5.58 Å². The molecule has 1 aromatic heterocycles. The van der Waals surface area contributed by atoms with Crippen molar-refractivity contribution in [3.05, 3.63) is 47.0 Å². The minimum atomic E-state index is -0.486. The highest BCUT2D eigenvalue weighted by atomic mass is 16.7. The number of aromatic nitrogens is 1. The first kappa shape index (κ1) is 19.7. The summed E-state index contributed by atoms with van der Waals surface area (Å²) in [7, 11) is -0.486. The molecule has 1 saturated heterocycles. The third-order valence-electron chi connectivity index (χ3n) is 5.97. The minimum Gasteiger partial charge on any atom is -0.435 e. The van der Waals surface area contributed by atoms with Gasteiger partial charge in [-0.25, -0.2) is 4.98 Å². The molecule has 4 rings (SSSR count). The van der Waals surface area contributed by atoms with E-state index in [9.17, 15) is 10.4 Å². The van der Waals surface area contributed by atoms with Gasteiger partial charge < -0.3 is 18.8 Å². The molecule has 0 atom stereocenters. The summed E-state index contributed by atoms with van der Waals surface area (Å²) in [5.41, 5.74) is 3.74. The monoisotopic (exact) mass is 390 g/mol. The molecular formula is C22H23BN2O4. The van der Waals surface area contributed by atoms with Crippen LogP contribution in [-0.4, -0.2) is 28.4 Å². The molecule has 7 heteroatoms. The van der Waals surface area contributed by atoms with Gasteiger partial charge in [0.25, 0.3) is 0 Å². The van der Waals surface area contributed by atoms with Crippen LogP contribution in [-0.2, 0) is 15.9 Å². The lowest BCUT2D eigenvalue weighted by molar-refractivity contribution is 0.00578. The van der Waals surface area contributed by atoms with Crippen LogP contribution >= 0.6 is 0 Å². The zero-order chi connectivity index (χ0) is 21.0. The van der Waals surface area contributed by atoms with Gasteiger partial charge in [-0.1, -0.05) is 12.1 Å². The average molecular weight is 390 g/mol. The number of aliphatic hydroxyl groups excluding tert-OH is 1. The van der Waals surface area contributed by atoms with Crippen molar-refractivity contribution in [2.45, 2.75) is 52.4 Å². The smallest absolute Gasteiger partial charge is 0.435 e. The normalized spacial score (nSPS) is 17.6. The highest BCUT2D eigenvalue weighted by Gasteiger charge is 2.52. The van der Waals surface area contributed by atoms with Crippen LogP contribution in [0.15, 0.2) is 34.7 Å². The Labute approximate surface area is 170 Å². The third-order valence-corrected chi connectivity index (χ3v) is 5.97. The largest absolute Gasteiger partial charge is 0.495 e. The maximum absolute atomic E-state index is 9.43. The zero-order valence-corrected chi connectivity index (χ0v) is 17.2. The van der Waals surface area contributed by atoms with Crippen LogP contribution in [0.3, 0.4) is 0 Å². The van der Waals surface area contributed by atoms with Crippen LogP contribution in [0.1, 0.15) is 44.4 Å². The predicted molar refractivity (Wildman–Crippen MR) is 111 cm³/mol. The second kappa shape index (κ2) is 6.70. The highest BCUT2D eigenvalue weighted by Crippen LogP contribution is 2.37. The number of hydrogen-bond donors (Lipinski definition) is 1. The van der Waals surface area contributed by atoms with Crippen LogP contribution in [0, 0.1) is 18.3 Å². The summed E-state index contributed by atoms with van der Waals surface area (Å²) in [6, 6.07) is 11.3. The highest BCUT2D eigenvalue weighted by molar-refractivity contribution is 6.62. The van der Waals surface area contributed by atoms with Crippen molar-refractivity contribution in [3.8, 4) is 17.5 Å². The lowest BCUT2D eigenvalue weighted by Crippen LogP contribution is -2.41. The van der Waals surface area contributed by atoms with Crippen molar-refractivity contribution in [1.29, 1.82) is 5.26 Å². The summed E-state index contributed by atoms with van der Waals surface area (Å²) < 4.78 is 18.4. The van der Waals surface area contributed by atoms with Crippen molar-refractivity contribution in [1.82, 2.24) is 4.98 Å². The van der Waals surface area contributed by atoms with Crippen molar-refractivity contribution in [3.63, 3.8) is 0 Å². The van der Waals surface area contributed by atoms with E-state index in [1.165, 1.54) is 0 Å². The number of aliphatic hydroxyl groups is 1. The molecule has 0 saturated carbocycles. The second-order valence-electron chi connectivity index (χ2n) is 8.39. The number of hydrogen-bond acceptors (Lipinski definition) is 6. The molecule has 0 aliphatic carbocycles. The van der Waals surface area contributed by atoms with E-state index in [1.807, 2.05) is 52.8 Å². The molecule has 0 radical (unpaired) electrons. The molecule has 0 spiro atoms. The molecule has 148 valence electrons. The van der Waals surface area contributed by atoms with Gasteiger partial charge in [-0.05, 0) is 69.4 Å². The predicted octanol–water partition coefficient (Wildman–Crippen LogP) is 3.47. The fraction of sp³-hybridized carbons (Fsp3) is 0.364. The molecule has 3 aromatic rings. The molecule has 0 amide bonds. The van der Waals surface area contributed by atoms with Gasteiger partial charge in [-0.15, -0.1) is 0 Å². The molecular weight excluding hydrogens is 367 g/mol. The zero-order valence-electron chi connectivity index (χ0n) is 17.2. The number of rotatable bonds is 3. The standard InChI is InChI=1S/C22H23BN2O4/c1-13-16(7-6-8-17(13)23-28-21(2,3)22(4,5)29-23)20-25-18-10-14(12-26)9-15(11-24)19(18)27-20/h6-10,26H,12H2,1-5H3. The first-order valence-corrected chi connectivity index (χ1v) is 9.57. The number of oxazole rings is 1. The number of nitrogens with zero attached hydrogens (tertiary/aromatic N) is 2. The van der Waals surface area contributed by atoms with E-state index in [1.54, 1.807) is 12.1 Å². The summed E-state index contributed by atoms with van der Waals surface area (Å²) in [4.78, 5) is 4.58. The van der Waals surface area contributed by atoms with Crippen molar-refractivity contribution >= 4 is 23.7 Å². The Balaban J connectivity index is 1.80. The molecule has 1 aliphatic rings. The van der Waals surface area contributed by atoms with Gasteiger partial charge in [0.2, 0.25) is 5.89 Å². The summed E-state index contributed by atoms with van der Waals surface area (Å²) in [5.74, 6) is 0.419. The van der Waals surface area contributed by atoms with E-state index in [4.69, 9.17) is 13.7 Å². The molecule has 6 nitrogen and oxygen atoms in total. The number of fused-ring (bicyclic) bond motifs is 1. The van der Waals surface area contributed by atoms with Crippen molar-refractivity contribution in [2.24, 2.45) is 0 Å². The van der Waals surface area contributed by atoms with Gasteiger partial charge in [0, 0.05) is 5.56 Å². The molecule has 0 bridgehead atoms. The minimum absolute atomic E-state index is 0.163. The van der Waals surface area contributed by atoms with Crippen LogP contribution in [0.4, 0.5) is 0 Å². The van der Waals surface area contributed by atoms with Gasteiger partial charge in [0.05, 0.1) is 23.4 Å². The Morgan fingerprint density at radius 3 is 2.45 bits per heavy atom. The van der Waals surface area contributed by atoms with E-state index in [0.29, 0.717) is 28.1 Å². The molecule has 0 unspecified atom stereocenters. The Morgan fingerprint density at radius 2 is 1.83 bits per heavy atom. The van der Waals surface area contributed by atoms with Crippen LogP contribution in [0.5, 0.6) is 0 Å². The van der Waals surface area contributed by atoms with Crippen molar-refractivity contribution in [2.75, 3.05) is 0 Å². The van der Waals surface area contributed by atoms with Gasteiger partial charge in [0.1, 0.15) is 11.6 Å². The fourth-order valence-corrected chi connectivity index (χ4v) is 3.49. The Morgan fingerprint density at radius 1 is 1.14 bits per heavy atom. The van der Waals surface area contributed by atoms with E-state index in [2.05, 4.69) is 11.1 Å². The molecule has 1 fully saturated rings.